The van der Waals surface area contributed by atoms with Crippen LogP contribution in [0.15, 0.2) is 91.0 Å². The number of ether oxygens (including phenoxy) is 1. The summed E-state index contributed by atoms with van der Waals surface area (Å²) >= 11 is 0. The van der Waals surface area contributed by atoms with Crippen molar-refractivity contribution in [2.75, 3.05) is 13.7 Å². The van der Waals surface area contributed by atoms with Gasteiger partial charge in [-0.3, -0.25) is 14.5 Å². The van der Waals surface area contributed by atoms with Gasteiger partial charge < -0.3 is 9.16 Å². The number of rotatable bonds is 8. The van der Waals surface area contributed by atoms with Gasteiger partial charge in [-0.2, -0.15) is 0 Å². The van der Waals surface area contributed by atoms with Crippen molar-refractivity contribution in [1.82, 2.24) is 4.90 Å². The van der Waals surface area contributed by atoms with Crippen molar-refractivity contribution in [2.45, 2.75) is 38.5 Å². The fraction of sp³-hybridized carbons (Fsp3) is 0.310. The Balaban J connectivity index is 1.67. The van der Waals surface area contributed by atoms with Crippen LogP contribution in [0.3, 0.4) is 0 Å². The van der Waals surface area contributed by atoms with Gasteiger partial charge >= 0.3 is 0 Å². The molecular formula is C29H33NO4Si. The molecule has 2 amide bonds. The van der Waals surface area contributed by atoms with Gasteiger partial charge in [-0.05, 0) is 21.0 Å². The Morgan fingerprint density at radius 1 is 0.771 bits per heavy atom. The Kier molecular flexibility index (Phi) is 7.35. The summed E-state index contributed by atoms with van der Waals surface area (Å²) in [6.45, 7) is 6.94. The van der Waals surface area contributed by atoms with Crippen LogP contribution in [0.2, 0.25) is 5.04 Å². The molecule has 0 aliphatic carbocycles. The second kappa shape index (κ2) is 10.3. The molecule has 1 heterocycles. The SMILES string of the molecule is CN1C(=O)[C@@H](CO[Si](c2ccccc2)(c2ccccc2)C(C)(C)C)[C@H](OCc2ccccc2)C1=O. The smallest absolute Gasteiger partial charge is 0.261 e. The molecule has 0 spiro atoms. The molecule has 1 fully saturated rings. The lowest BCUT2D eigenvalue weighted by atomic mass is 10.1. The van der Waals surface area contributed by atoms with Crippen LogP contribution in [-0.4, -0.2) is 44.8 Å². The van der Waals surface area contributed by atoms with E-state index in [4.69, 9.17) is 9.16 Å². The highest BCUT2D eigenvalue weighted by Crippen LogP contribution is 2.38. The highest BCUT2D eigenvalue weighted by Gasteiger charge is 2.53. The largest absolute Gasteiger partial charge is 0.406 e. The minimum atomic E-state index is -2.84. The van der Waals surface area contributed by atoms with Crippen molar-refractivity contribution < 1.29 is 18.8 Å². The number of hydrogen-bond acceptors (Lipinski definition) is 4. The number of imide groups is 1. The molecule has 3 aromatic rings. The van der Waals surface area contributed by atoms with Gasteiger partial charge in [0.15, 0.2) is 6.10 Å². The maximum Gasteiger partial charge on any atom is 0.261 e. The van der Waals surface area contributed by atoms with E-state index >= 15 is 0 Å². The number of likely N-dealkylation sites (tertiary alicyclic amines) is 1. The van der Waals surface area contributed by atoms with E-state index < -0.39 is 20.3 Å². The quantitative estimate of drug-likeness (QED) is 0.359. The minimum absolute atomic E-state index is 0.113. The van der Waals surface area contributed by atoms with Crippen LogP contribution in [0.25, 0.3) is 0 Å². The molecule has 35 heavy (non-hydrogen) atoms. The lowest BCUT2D eigenvalue weighted by Crippen LogP contribution is -2.67. The van der Waals surface area contributed by atoms with Crippen molar-refractivity contribution in [3.63, 3.8) is 0 Å². The van der Waals surface area contributed by atoms with Gasteiger partial charge in [0.2, 0.25) is 5.91 Å². The lowest BCUT2D eigenvalue weighted by molar-refractivity contribution is -0.140. The topological polar surface area (TPSA) is 55.8 Å². The van der Waals surface area contributed by atoms with Crippen molar-refractivity contribution in [3.8, 4) is 0 Å². The molecule has 0 aromatic heterocycles. The molecule has 0 radical (unpaired) electrons. The van der Waals surface area contributed by atoms with E-state index in [0.29, 0.717) is 0 Å². The third kappa shape index (κ3) is 4.87. The number of benzene rings is 3. The van der Waals surface area contributed by atoms with Crippen LogP contribution in [0.4, 0.5) is 0 Å². The van der Waals surface area contributed by atoms with E-state index in [1.807, 2.05) is 66.7 Å². The Morgan fingerprint density at radius 3 is 1.74 bits per heavy atom. The van der Waals surface area contributed by atoms with Crippen LogP contribution >= 0.6 is 0 Å². The Hall–Kier alpha value is -3.06. The van der Waals surface area contributed by atoms with Gasteiger partial charge in [-0.15, -0.1) is 0 Å². The number of likely N-dealkylation sites (N-methyl/N-ethyl adjacent to an activating group) is 1. The first kappa shape index (κ1) is 25.0. The van der Waals surface area contributed by atoms with Gasteiger partial charge in [-0.1, -0.05) is 112 Å². The molecule has 0 N–H and O–H groups in total. The van der Waals surface area contributed by atoms with Crippen LogP contribution in [0.1, 0.15) is 26.3 Å². The summed E-state index contributed by atoms with van der Waals surface area (Å²) in [5.74, 6) is -1.27. The summed E-state index contributed by atoms with van der Waals surface area (Å²) in [6, 6.07) is 30.2. The predicted octanol–water partition coefficient (Wildman–Crippen LogP) is 3.76. The van der Waals surface area contributed by atoms with Crippen molar-refractivity contribution in [3.05, 3.63) is 96.6 Å². The Labute approximate surface area is 208 Å². The van der Waals surface area contributed by atoms with E-state index in [1.165, 1.54) is 11.9 Å². The molecule has 1 aliphatic rings. The highest BCUT2D eigenvalue weighted by molar-refractivity contribution is 6.99. The first-order valence-electron chi connectivity index (χ1n) is 12.0. The van der Waals surface area contributed by atoms with Gasteiger partial charge in [0, 0.05) is 13.7 Å². The molecule has 1 saturated heterocycles. The normalized spacial score (nSPS) is 18.8. The molecule has 0 bridgehead atoms. The average Bonchev–Trinajstić information content (AvgIpc) is 3.07. The zero-order valence-electron chi connectivity index (χ0n) is 20.8. The summed E-state index contributed by atoms with van der Waals surface area (Å²) in [5, 5.41) is 2.03. The molecule has 2 atom stereocenters. The molecule has 1 aliphatic heterocycles. The summed E-state index contributed by atoms with van der Waals surface area (Å²) < 4.78 is 13.0. The van der Waals surface area contributed by atoms with Crippen LogP contribution in [0, 0.1) is 5.92 Å². The number of amides is 2. The summed E-state index contributed by atoms with van der Waals surface area (Å²) in [7, 11) is -1.32. The van der Waals surface area contributed by atoms with Gasteiger partial charge in [0.05, 0.1) is 12.5 Å². The molecule has 0 saturated carbocycles. The summed E-state index contributed by atoms with van der Waals surface area (Å²) in [4.78, 5) is 27.3. The van der Waals surface area contributed by atoms with Crippen molar-refractivity contribution in [1.29, 1.82) is 0 Å². The maximum atomic E-state index is 13.1. The van der Waals surface area contributed by atoms with E-state index in [9.17, 15) is 9.59 Å². The molecule has 0 unspecified atom stereocenters. The molecule has 5 nitrogen and oxygen atoms in total. The summed E-state index contributed by atoms with van der Waals surface area (Å²) in [6.07, 6.45) is -0.870. The number of carbonyl (C=O) groups is 2. The number of hydrogen-bond donors (Lipinski definition) is 0. The van der Waals surface area contributed by atoms with Crippen LogP contribution < -0.4 is 10.4 Å². The third-order valence-electron chi connectivity index (χ3n) is 6.76. The van der Waals surface area contributed by atoms with E-state index in [0.717, 1.165) is 15.9 Å². The Bertz CT molecular complexity index is 1110. The standard InChI is InChI=1S/C29H33NO4Si/c1-29(2,3)35(23-16-10-6-11-17-23,24-18-12-7-13-19-24)34-21-25-26(28(32)30(4)27(25)31)33-20-22-14-8-5-9-15-22/h5-19,25-26H,20-21H2,1-4H3/t25-,26-/m0/s1. The lowest BCUT2D eigenvalue weighted by Gasteiger charge is -2.43. The van der Waals surface area contributed by atoms with Crippen molar-refractivity contribution >= 4 is 30.5 Å². The predicted molar refractivity (Wildman–Crippen MR) is 140 cm³/mol. The first-order valence-corrected chi connectivity index (χ1v) is 13.9. The van der Waals surface area contributed by atoms with Gasteiger partial charge in [0.1, 0.15) is 0 Å². The number of carbonyl (C=O) groups excluding carboxylic acids is 2. The van der Waals surface area contributed by atoms with Crippen molar-refractivity contribution in [2.24, 2.45) is 5.92 Å². The van der Waals surface area contributed by atoms with Gasteiger partial charge in [0.25, 0.3) is 14.2 Å². The second-order valence-electron chi connectivity index (χ2n) is 10.0. The zero-order valence-corrected chi connectivity index (χ0v) is 21.8. The van der Waals surface area contributed by atoms with E-state index in [1.54, 1.807) is 0 Å². The fourth-order valence-electron chi connectivity index (χ4n) is 4.93. The molecule has 182 valence electrons. The van der Waals surface area contributed by atoms with Crippen LogP contribution in [0.5, 0.6) is 0 Å². The third-order valence-corrected chi connectivity index (χ3v) is 11.8. The first-order chi connectivity index (χ1) is 16.8. The minimum Gasteiger partial charge on any atom is -0.406 e. The van der Waals surface area contributed by atoms with Crippen LogP contribution in [-0.2, 0) is 25.4 Å². The maximum absolute atomic E-state index is 13.1. The summed E-state index contributed by atoms with van der Waals surface area (Å²) in [5.41, 5.74) is 0.953. The highest BCUT2D eigenvalue weighted by atomic mass is 28.4. The van der Waals surface area contributed by atoms with Gasteiger partial charge in [-0.25, -0.2) is 0 Å². The molecule has 4 rings (SSSR count). The molecule has 6 heteroatoms. The zero-order chi connectivity index (χ0) is 25.1. The number of nitrogens with zero attached hydrogens (tertiary/aromatic N) is 1. The monoisotopic (exact) mass is 487 g/mol. The van der Waals surface area contributed by atoms with E-state index in [-0.39, 0.29) is 30.1 Å². The van der Waals surface area contributed by atoms with E-state index in [2.05, 4.69) is 45.0 Å². The molecule has 3 aromatic carbocycles. The molecular weight excluding hydrogens is 454 g/mol. The fourth-order valence-corrected chi connectivity index (χ4v) is 9.52. The second-order valence-corrected chi connectivity index (χ2v) is 14.3. The Morgan fingerprint density at radius 2 is 1.26 bits per heavy atom. The average molecular weight is 488 g/mol.